The molecule has 0 aliphatic heterocycles. The van der Waals surface area contributed by atoms with E-state index in [2.05, 4.69) is 5.32 Å². The average Bonchev–Trinajstić information content (AvgIpc) is 2.50. The zero-order chi connectivity index (χ0) is 18.7. The number of carbonyl (C=O) groups excluding carboxylic acids is 1. The highest BCUT2D eigenvalue weighted by molar-refractivity contribution is 6.25. The van der Waals surface area contributed by atoms with E-state index >= 15 is 0 Å². The Bertz CT molecular complexity index is 766. The van der Waals surface area contributed by atoms with E-state index in [1.807, 2.05) is 6.08 Å². The molecule has 1 unspecified atom stereocenters. The van der Waals surface area contributed by atoms with Gasteiger partial charge in [-0.15, -0.1) is 11.6 Å². The van der Waals surface area contributed by atoms with Crippen LogP contribution in [0.1, 0.15) is 37.3 Å². The molecule has 4 aliphatic rings. The van der Waals surface area contributed by atoms with E-state index in [9.17, 15) is 23.1 Å². The first-order chi connectivity index (χ1) is 12.1. The summed E-state index contributed by atoms with van der Waals surface area (Å²) in [5, 5.41) is 13.5. The molecule has 1 aromatic carbocycles. The summed E-state index contributed by atoms with van der Waals surface area (Å²) in [4.78, 5) is 11.1. The van der Waals surface area contributed by atoms with Gasteiger partial charge in [0.05, 0.1) is 16.5 Å². The van der Waals surface area contributed by atoms with Crippen molar-refractivity contribution in [2.24, 2.45) is 11.8 Å². The lowest BCUT2D eigenvalue weighted by atomic mass is 9.51. The highest BCUT2D eigenvalue weighted by atomic mass is 35.5. The summed E-state index contributed by atoms with van der Waals surface area (Å²) in [6.07, 6.45) is -0.992. The third-order valence-electron chi connectivity index (χ3n) is 5.91. The molecule has 0 spiro atoms. The monoisotopic (exact) mass is 385 g/mol. The highest BCUT2D eigenvalue weighted by Gasteiger charge is 2.61. The van der Waals surface area contributed by atoms with Gasteiger partial charge in [0.1, 0.15) is 0 Å². The van der Waals surface area contributed by atoms with E-state index in [-0.39, 0.29) is 12.3 Å². The lowest BCUT2D eigenvalue weighted by Crippen LogP contribution is -2.62. The van der Waals surface area contributed by atoms with Crippen LogP contribution in [-0.2, 0) is 4.79 Å². The smallest absolute Gasteiger partial charge is 0.389 e. The fourth-order valence-electron chi connectivity index (χ4n) is 5.31. The maximum Gasteiger partial charge on any atom is 0.471 e. The molecule has 1 aromatic rings. The topological polar surface area (TPSA) is 49.3 Å². The lowest BCUT2D eigenvalue weighted by molar-refractivity contribution is -0.177. The summed E-state index contributed by atoms with van der Waals surface area (Å²) in [7, 11) is 0. The molecular weight excluding hydrogens is 367 g/mol. The lowest BCUT2D eigenvalue weighted by Gasteiger charge is -2.59. The Morgan fingerprint density at radius 1 is 1.31 bits per heavy atom. The summed E-state index contributed by atoms with van der Waals surface area (Å²) in [6.45, 7) is 0. The molecule has 2 N–H and O–H groups in total. The molecule has 26 heavy (non-hydrogen) atoms. The number of rotatable bonds is 3. The first-order valence-corrected chi connectivity index (χ1v) is 9.02. The van der Waals surface area contributed by atoms with Crippen LogP contribution in [-0.4, -0.2) is 27.7 Å². The minimum absolute atomic E-state index is 0.0706. The van der Waals surface area contributed by atoms with Crippen LogP contribution in [0.5, 0.6) is 0 Å². The van der Waals surface area contributed by atoms with Gasteiger partial charge in [-0.3, -0.25) is 4.79 Å². The quantitative estimate of drug-likeness (QED) is 0.613. The van der Waals surface area contributed by atoms with Crippen molar-refractivity contribution in [2.75, 3.05) is 0 Å². The average molecular weight is 386 g/mol. The van der Waals surface area contributed by atoms with Crippen molar-refractivity contribution in [2.45, 2.75) is 48.4 Å². The van der Waals surface area contributed by atoms with Gasteiger partial charge in [0.2, 0.25) is 0 Å². The van der Waals surface area contributed by atoms with Crippen molar-refractivity contribution < 1.29 is 23.1 Å². The molecular formula is C19H19ClF3NO2. The fraction of sp³-hybridized carbons (Fsp3) is 0.526. The summed E-state index contributed by atoms with van der Waals surface area (Å²) >= 11 is 6.61. The minimum Gasteiger partial charge on any atom is -0.389 e. The molecule has 4 aliphatic carbocycles. The number of benzene rings is 1. The van der Waals surface area contributed by atoms with Crippen LogP contribution in [0.2, 0.25) is 0 Å². The van der Waals surface area contributed by atoms with Crippen molar-refractivity contribution in [3.8, 4) is 0 Å². The minimum atomic E-state index is -4.97. The number of hydrogen-bond acceptors (Lipinski definition) is 2. The Labute approximate surface area is 154 Å². The zero-order valence-electron chi connectivity index (χ0n) is 13.9. The van der Waals surface area contributed by atoms with Crippen molar-refractivity contribution in [1.82, 2.24) is 5.32 Å². The van der Waals surface area contributed by atoms with Crippen LogP contribution in [0.3, 0.4) is 0 Å². The predicted octanol–water partition coefficient (Wildman–Crippen LogP) is 3.87. The van der Waals surface area contributed by atoms with Gasteiger partial charge in [0.25, 0.3) is 0 Å². The van der Waals surface area contributed by atoms with Crippen LogP contribution >= 0.6 is 11.6 Å². The first kappa shape index (κ1) is 17.9. The molecule has 0 saturated heterocycles. The van der Waals surface area contributed by atoms with Gasteiger partial charge in [-0.25, -0.2) is 0 Å². The Morgan fingerprint density at radius 2 is 2.00 bits per heavy atom. The van der Waals surface area contributed by atoms with Crippen molar-refractivity contribution in [1.29, 1.82) is 0 Å². The number of aliphatic hydroxyl groups is 1. The van der Waals surface area contributed by atoms with Crippen molar-refractivity contribution in [3.63, 3.8) is 0 Å². The molecule has 0 heterocycles. The molecule has 5 atom stereocenters. The van der Waals surface area contributed by atoms with Crippen LogP contribution < -0.4 is 5.32 Å². The van der Waals surface area contributed by atoms with Gasteiger partial charge in [-0.1, -0.05) is 42.0 Å². The largest absolute Gasteiger partial charge is 0.471 e. The van der Waals surface area contributed by atoms with Crippen LogP contribution in [0.4, 0.5) is 13.2 Å². The van der Waals surface area contributed by atoms with E-state index < -0.39 is 34.5 Å². The van der Waals surface area contributed by atoms with Crippen LogP contribution in [0.15, 0.2) is 42.0 Å². The number of allylic oxidation sites excluding steroid dienone is 1. The van der Waals surface area contributed by atoms with E-state index in [0.717, 1.165) is 5.57 Å². The summed E-state index contributed by atoms with van der Waals surface area (Å²) in [5.74, 6) is -2.57. The summed E-state index contributed by atoms with van der Waals surface area (Å²) < 4.78 is 38.7. The third-order valence-corrected chi connectivity index (χ3v) is 6.31. The maximum atomic E-state index is 12.9. The molecule has 1 amide bonds. The molecule has 2 saturated carbocycles. The van der Waals surface area contributed by atoms with Gasteiger partial charge < -0.3 is 10.4 Å². The summed E-state index contributed by atoms with van der Waals surface area (Å²) in [6, 6.07) is 7.65. The maximum absolute atomic E-state index is 12.9. The van der Waals surface area contributed by atoms with Gasteiger partial charge in [0, 0.05) is 5.92 Å². The molecule has 5 rings (SSSR count). The van der Waals surface area contributed by atoms with Gasteiger partial charge in [0.15, 0.2) is 0 Å². The van der Waals surface area contributed by atoms with E-state index in [0.29, 0.717) is 24.8 Å². The molecule has 0 aromatic heterocycles. The normalized spacial score (nSPS) is 36.6. The second kappa shape index (κ2) is 5.73. The van der Waals surface area contributed by atoms with Gasteiger partial charge in [-0.2, -0.15) is 13.2 Å². The molecule has 2 fully saturated rings. The van der Waals surface area contributed by atoms with E-state index in [4.69, 9.17) is 11.6 Å². The Hall–Kier alpha value is -1.53. The Balaban J connectivity index is 1.73. The fourth-order valence-corrected chi connectivity index (χ4v) is 5.90. The third kappa shape index (κ3) is 2.93. The molecule has 7 heteroatoms. The Morgan fingerprint density at radius 3 is 2.58 bits per heavy atom. The second-order valence-corrected chi connectivity index (χ2v) is 8.60. The molecule has 3 nitrogen and oxygen atoms in total. The number of alkyl halides is 4. The highest BCUT2D eigenvalue weighted by Crippen LogP contribution is 2.62. The number of halogens is 4. The SMILES string of the molecule is O=C(N[C@@H](c1ccccc1)[C@@H]1C2CC3=C[C@@](Cl)(C2)C[C@]1(O)C3)C(F)(F)F. The standard InChI is InChI=1S/C19H19ClF3NO2/c20-17-7-11-6-13(9-17)14(18(26,8-11)10-17)15(12-4-2-1-3-5-12)24-16(25)19(21,22)23/h1-5,7,13-15,26H,6,8-10H2,(H,24,25)/t13?,14-,15-,17+,18+/m0/s1. The van der Waals surface area contributed by atoms with Gasteiger partial charge >= 0.3 is 12.1 Å². The van der Waals surface area contributed by atoms with Crippen LogP contribution in [0.25, 0.3) is 0 Å². The van der Waals surface area contributed by atoms with E-state index in [1.54, 1.807) is 30.3 Å². The number of nitrogens with one attached hydrogen (secondary N) is 1. The Kier molecular flexibility index (Phi) is 3.94. The molecule has 0 radical (unpaired) electrons. The van der Waals surface area contributed by atoms with E-state index in [1.165, 1.54) is 0 Å². The number of amides is 1. The molecule has 4 bridgehead atoms. The first-order valence-electron chi connectivity index (χ1n) is 8.64. The summed E-state index contributed by atoms with van der Waals surface area (Å²) in [5.41, 5.74) is 0.413. The molecule has 140 valence electrons. The number of carbonyl (C=O) groups is 1. The van der Waals surface area contributed by atoms with Crippen molar-refractivity contribution in [3.05, 3.63) is 47.5 Å². The zero-order valence-corrected chi connectivity index (χ0v) is 14.6. The predicted molar refractivity (Wildman–Crippen MR) is 90.4 cm³/mol. The van der Waals surface area contributed by atoms with Gasteiger partial charge in [-0.05, 0) is 37.2 Å². The van der Waals surface area contributed by atoms with Crippen molar-refractivity contribution >= 4 is 17.5 Å². The van der Waals surface area contributed by atoms with Crippen LogP contribution in [0, 0.1) is 11.8 Å². The number of hydrogen-bond donors (Lipinski definition) is 2. The second-order valence-electron chi connectivity index (χ2n) is 7.85.